The van der Waals surface area contributed by atoms with Crippen molar-refractivity contribution < 1.29 is 0 Å². The summed E-state index contributed by atoms with van der Waals surface area (Å²) in [6.45, 7) is 4.16. The second-order valence-electron chi connectivity index (χ2n) is 4.86. The van der Waals surface area contributed by atoms with Gasteiger partial charge in [-0.15, -0.1) is 0 Å². The Hall–Kier alpha value is -1.61. The molecule has 1 heterocycles. The number of hydrogen-bond acceptors (Lipinski definition) is 2. The first kappa shape index (κ1) is 11.9. The molecule has 0 saturated carbocycles. The van der Waals surface area contributed by atoms with Crippen molar-refractivity contribution in [1.82, 2.24) is 9.55 Å². The Kier molecular flexibility index (Phi) is 3.03. The van der Waals surface area contributed by atoms with Gasteiger partial charge in [0.05, 0.1) is 0 Å². The summed E-state index contributed by atoms with van der Waals surface area (Å²) >= 11 is 0. The molecule has 0 fully saturated rings. The number of aryl methyl sites for hydroxylation is 2. The van der Waals surface area contributed by atoms with Crippen LogP contribution in [0.3, 0.4) is 0 Å². The van der Waals surface area contributed by atoms with Crippen molar-refractivity contribution in [2.24, 2.45) is 12.8 Å². The Morgan fingerprint density at radius 2 is 2.06 bits per heavy atom. The molecular weight excluding hydrogens is 210 g/mol. The van der Waals surface area contributed by atoms with E-state index < -0.39 is 0 Å². The minimum Gasteiger partial charge on any atom is -0.338 e. The molecular formula is C14H19N3. The van der Waals surface area contributed by atoms with E-state index in [0.717, 1.165) is 12.2 Å². The van der Waals surface area contributed by atoms with E-state index in [1.807, 2.05) is 36.1 Å². The van der Waals surface area contributed by atoms with Crippen molar-refractivity contribution in [2.45, 2.75) is 25.8 Å². The normalized spacial score (nSPS) is 14.6. The summed E-state index contributed by atoms with van der Waals surface area (Å²) in [5.74, 6) is 1.01. The highest BCUT2D eigenvalue weighted by molar-refractivity contribution is 5.32. The lowest BCUT2D eigenvalue weighted by atomic mass is 9.86. The predicted molar refractivity (Wildman–Crippen MR) is 69.6 cm³/mol. The summed E-state index contributed by atoms with van der Waals surface area (Å²) in [6, 6.07) is 8.26. The number of nitrogens with two attached hydrogens (primary N) is 1. The second-order valence-corrected chi connectivity index (χ2v) is 4.86. The molecule has 0 aliphatic carbocycles. The monoisotopic (exact) mass is 229 g/mol. The Balaban J connectivity index is 2.31. The van der Waals surface area contributed by atoms with Crippen molar-refractivity contribution in [1.29, 1.82) is 0 Å². The molecule has 0 saturated heterocycles. The predicted octanol–water partition coefficient (Wildman–Crippen LogP) is 2.15. The van der Waals surface area contributed by atoms with Crippen molar-refractivity contribution >= 4 is 0 Å². The van der Waals surface area contributed by atoms with Crippen molar-refractivity contribution in [2.75, 3.05) is 0 Å². The maximum absolute atomic E-state index is 6.45. The molecule has 0 aliphatic heterocycles. The van der Waals surface area contributed by atoms with E-state index in [0.29, 0.717) is 0 Å². The summed E-state index contributed by atoms with van der Waals surface area (Å²) in [6.07, 6.45) is 4.49. The van der Waals surface area contributed by atoms with Crippen LogP contribution in [0.2, 0.25) is 0 Å². The van der Waals surface area contributed by atoms with Gasteiger partial charge < -0.3 is 10.3 Å². The van der Waals surface area contributed by atoms with Gasteiger partial charge in [0.25, 0.3) is 0 Å². The standard InChI is InChI=1S/C14H19N3/c1-11-6-4-5-7-12(11)14(2,15)10-13-16-8-9-17(13)3/h4-9H,10,15H2,1-3H3. The topological polar surface area (TPSA) is 43.8 Å². The van der Waals surface area contributed by atoms with Crippen LogP contribution in [0.25, 0.3) is 0 Å². The van der Waals surface area contributed by atoms with Gasteiger partial charge in [-0.2, -0.15) is 0 Å². The van der Waals surface area contributed by atoms with Crippen LogP contribution in [0.4, 0.5) is 0 Å². The van der Waals surface area contributed by atoms with Crippen LogP contribution >= 0.6 is 0 Å². The van der Waals surface area contributed by atoms with E-state index in [2.05, 4.69) is 31.0 Å². The Morgan fingerprint density at radius 1 is 1.35 bits per heavy atom. The molecule has 1 unspecified atom stereocenters. The molecule has 0 bridgehead atoms. The minimum absolute atomic E-state index is 0.384. The van der Waals surface area contributed by atoms with Gasteiger partial charge in [-0.1, -0.05) is 24.3 Å². The Morgan fingerprint density at radius 3 is 2.65 bits per heavy atom. The van der Waals surface area contributed by atoms with Crippen LogP contribution in [0.15, 0.2) is 36.7 Å². The van der Waals surface area contributed by atoms with Gasteiger partial charge in [0.15, 0.2) is 0 Å². The van der Waals surface area contributed by atoms with E-state index in [-0.39, 0.29) is 5.54 Å². The first-order valence-electron chi connectivity index (χ1n) is 5.82. The van der Waals surface area contributed by atoms with Crippen molar-refractivity contribution in [3.8, 4) is 0 Å². The number of hydrogen-bond donors (Lipinski definition) is 1. The van der Waals surface area contributed by atoms with E-state index in [4.69, 9.17) is 5.73 Å². The molecule has 90 valence electrons. The van der Waals surface area contributed by atoms with E-state index >= 15 is 0 Å². The van der Waals surface area contributed by atoms with Gasteiger partial charge in [0.2, 0.25) is 0 Å². The van der Waals surface area contributed by atoms with E-state index in [1.54, 1.807) is 0 Å². The van der Waals surface area contributed by atoms with E-state index in [1.165, 1.54) is 11.1 Å². The molecule has 1 atom stereocenters. The molecule has 0 spiro atoms. The van der Waals surface area contributed by atoms with E-state index in [9.17, 15) is 0 Å². The van der Waals surface area contributed by atoms with Gasteiger partial charge in [-0.3, -0.25) is 0 Å². The zero-order valence-electron chi connectivity index (χ0n) is 10.6. The molecule has 2 rings (SSSR count). The quantitative estimate of drug-likeness (QED) is 0.876. The van der Waals surface area contributed by atoms with Crippen LogP contribution in [0, 0.1) is 6.92 Å². The first-order chi connectivity index (χ1) is 8.00. The largest absolute Gasteiger partial charge is 0.338 e. The minimum atomic E-state index is -0.384. The summed E-state index contributed by atoms with van der Waals surface area (Å²) in [5.41, 5.74) is 8.47. The third-order valence-corrected chi connectivity index (χ3v) is 3.21. The molecule has 1 aromatic carbocycles. The number of rotatable bonds is 3. The second kappa shape index (κ2) is 4.34. The fourth-order valence-electron chi connectivity index (χ4n) is 2.20. The van der Waals surface area contributed by atoms with Crippen molar-refractivity contribution in [3.05, 3.63) is 53.6 Å². The maximum atomic E-state index is 6.45. The molecule has 2 N–H and O–H groups in total. The fraction of sp³-hybridized carbons (Fsp3) is 0.357. The first-order valence-corrected chi connectivity index (χ1v) is 5.82. The van der Waals surface area contributed by atoms with Gasteiger partial charge >= 0.3 is 0 Å². The SMILES string of the molecule is Cc1ccccc1C(C)(N)Cc1nccn1C. The zero-order chi connectivity index (χ0) is 12.5. The zero-order valence-corrected chi connectivity index (χ0v) is 10.6. The number of nitrogens with zero attached hydrogens (tertiary/aromatic N) is 2. The van der Waals surface area contributed by atoms with Gasteiger partial charge in [-0.25, -0.2) is 4.98 Å². The summed E-state index contributed by atoms with van der Waals surface area (Å²) in [7, 11) is 2.00. The molecule has 17 heavy (non-hydrogen) atoms. The number of imidazole rings is 1. The average Bonchev–Trinajstić information content (AvgIpc) is 2.64. The highest BCUT2D eigenvalue weighted by Crippen LogP contribution is 2.24. The highest BCUT2D eigenvalue weighted by Gasteiger charge is 2.24. The summed E-state index contributed by atoms with van der Waals surface area (Å²) in [4.78, 5) is 4.34. The summed E-state index contributed by atoms with van der Waals surface area (Å²) < 4.78 is 2.02. The van der Waals surface area contributed by atoms with Crippen LogP contribution in [-0.2, 0) is 19.0 Å². The van der Waals surface area contributed by atoms with Crippen LogP contribution < -0.4 is 5.73 Å². The highest BCUT2D eigenvalue weighted by atomic mass is 15.0. The van der Waals surface area contributed by atoms with Gasteiger partial charge in [-0.05, 0) is 25.0 Å². The fourth-order valence-corrected chi connectivity index (χ4v) is 2.20. The van der Waals surface area contributed by atoms with Crippen molar-refractivity contribution in [3.63, 3.8) is 0 Å². The maximum Gasteiger partial charge on any atom is 0.110 e. The van der Waals surface area contributed by atoms with Crippen LogP contribution in [0.5, 0.6) is 0 Å². The smallest absolute Gasteiger partial charge is 0.110 e. The number of aromatic nitrogens is 2. The Bertz CT molecular complexity index is 512. The average molecular weight is 229 g/mol. The lowest BCUT2D eigenvalue weighted by Gasteiger charge is -2.26. The molecule has 1 aromatic heterocycles. The Labute approximate surface area is 102 Å². The van der Waals surface area contributed by atoms with Crippen LogP contribution in [0.1, 0.15) is 23.9 Å². The van der Waals surface area contributed by atoms with Crippen LogP contribution in [-0.4, -0.2) is 9.55 Å². The molecule has 3 nitrogen and oxygen atoms in total. The molecule has 0 aliphatic rings. The molecule has 3 heteroatoms. The van der Waals surface area contributed by atoms with Gasteiger partial charge in [0.1, 0.15) is 5.82 Å². The molecule has 0 amide bonds. The van der Waals surface area contributed by atoms with Gasteiger partial charge in [0, 0.05) is 31.4 Å². The third kappa shape index (κ3) is 2.39. The lowest BCUT2D eigenvalue weighted by Crippen LogP contribution is -2.37. The summed E-state index contributed by atoms with van der Waals surface area (Å²) in [5, 5.41) is 0. The number of benzene rings is 1. The molecule has 2 aromatic rings. The third-order valence-electron chi connectivity index (χ3n) is 3.21. The molecule has 0 radical (unpaired) electrons. The lowest BCUT2D eigenvalue weighted by molar-refractivity contribution is 0.468.